The third kappa shape index (κ3) is 3.94. The minimum Gasteiger partial charge on any atom is -0.309 e. The zero-order valence-electron chi connectivity index (χ0n) is 33.7. The summed E-state index contributed by atoms with van der Waals surface area (Å²) in [6.45, 7) is 4.79. The van der Waals surface area contributed by atoms with Crippen LogP contribution in [0.1, 0.15) is 69.5 Å². The molecule has 0 radical (unpaired) electrons. The number of para-hydroxylation sites is 1. The summed E-state index contributed by atoms with van der Waals surface area (Å²) in [6.07, 6.45) is 0. The molecule has 0 aliphatic heterocycles. The van der Waals surface area contributed by atoms with Crippen molar-refractivity contribution in [3.63, 3.8) is 0 Å². The van der Waals surface area contributed by atoms with E-state index in [1.165, 1.54) is 100 Å². The summed E-state index contributed by atoms with van der Waals surface area (Å²) in [6, 6.07) is 80.2. The fraction of sp³-hybridized carbons (Fsp3) is 0.0847. The van der Waals surface area contributed by atoms with Crippen molar-refractivity contribution in [3.8, 4) is 33.4 Å². The van der Waals surface area contributed by atoms with Gasteiger partial charge in [0.25, 0.3) is 0 Å². The minimum atomic E-state index is -0.487. The highest BCUT2D eigenvalue weighted by molar-refractivity contribution is 6.04. The first kappa shape index (κ1) is 33.7. The predicted octanol–water partition coefficient (Wildman–Crippen LogP) is 14.5. The Kier molecular flexibility index (Phi) is 6.71. The summed E-state index contributed by atoms with van der Waals surface area (Å²) in [5.74, 6) is 0. The minimum absolute atomic E-state index is 0.158. The SMILES string of the molecule is CC1(C)c2ccccc2C2(c3ccccc3-c3c(N(c4ccccc4)c4cccc5c4-c4ccccc4C54c5ccccc5-c5ccccc54)cccc32)c2ccccc21. The molecule has 60 heavy (non-hydrogen) atoms. The second kappa shape index (κ2) is 11.9. The number of nitrogens with zero attached hydrogens (tertiary/aromatic N) is 1. The van der Waals surface area contributed by atoms with Crippen LogP contribution >= 0.6 is 0 Å². The van der Waals surface area contributed by atoms with Crippen molar-refractivity contribution in [2.75, 3.05) is 4.90 Å². The smallest absolute Gasteiger partial charge is 0.0726 e. The van der Waals surface area contributed by atoms with Gasteiger partial charge >= 0.3 is 0 Å². The van der Waals surface area contributed by atoms with Gasteiger partial charge in [0.1, 0.15) is 0 Å². The molecule has 0 unspecified atom stereocenters. The standard InChI is InChI=1S/C59H41N/c1-57(2)47-30-14-16-32-49(47)59(50-33-17-15-31-48(50)57)46-29-13-9-25-42(46)56-52(59)35-19-37-54(56)60(38-20-4-3-5-21-38)53-36-18-34-51-55(53)41-24-8-12-28-45(41)58(51)43-26-10-6-22-39(43)40-23-7-11-27-44(40)58/h3-37H,1-2H3. The Labute approximate surface area is 351 Å². The van der Waals surface area contributed by atoms with Crippen molar-refractivity contribution >= 4 is 17.1 Å². The third-order valence-corrected chi connectivity index (χ3v) is 14.6. The lowest BCUT2D eigenvalue weighted by Gasteiger charge is -2.46. The molecule has 0 N–H and O–H groups in total. The molecule has 0 saturated carbocycles. The predicted molar refractivity (Wildman–Crippen MR) is 247 cm³/mol. The highest BCUT2D eigenvalue weighted by Crippen LogP contribution is 2.67. The van der Waals surface area contributed by atoms with Crippen LogP contribution in [0.25, 0.3) is 33.4 Å². The molecule has 0 fully saturated rings. The highest BCUT2D eigenvalue weighted by Gasteiger charge is 2.55. The Morgan fingerprint density at radius 3 is 1.03 bits per heavy atom. The fourth-order valence-corrected chi connectivity index (χ4v) is 12.4. The second-order valence-electron chi connectivity index (χ2n) is 17.5. The maximum Gasteiger partial charge on any atom is 0.0726 e. The summed E-state index contributed by atoms with van der Waals surface area (Å²) in [5, 5.41) is 0. The first-order chi connectivity index (χ1) is 29.6. The van der Waals surface area contributed by atoms with E-state index in [2.05, 4.69) is 231 Å². The molecule has 0 amide bonds. The van der Waals surface area contributed by atoms with Crippen LogP contribution < -0.4 is 4.90 Å². The summed E-state index contributed by atoms with van der Waals surface area (Å²) in [5.41, 5.74) is 23.8. The van der Waals surface area contributed by atoms with E-state index in [0.29, 0.717) is 0 Å². The van der Waals surface area contributed by atoms with E-state index in [0.717, 1.165) is 5.69 Å². The van der Waals surface area contributed by atoms with Gasteiger partial charge in [0.15, 0.2) is 0 Å². The molecule has 0 heterocycles. The summed E-state index contributed by atoms with van der Waals surface area (Å²) in [7, 11) is 0. The number of hydrogen-bond donors (Lipinski definition) is 0. The molecule has 0 atom stereocenters. The van der Waals surface area contributed by atoms with E-state index in [-0.39, 0.29) is 5.41 Å². The molecule has 2 spiro atoms. The quantitative estimate of drug-likeness (QED) is 0.173. The lowest BCUT2D eigenvalue weighted by molar-refractivity contribution is 0.563. The van der Waals surface area contributed by atoms with Gasteiger partial charge in [-0.1, -0.05) is 202 Å². The van der Waals surface area contributed by atoms with Crippen LogP contribution in [0, 0.1) is 0 Å². The number of fused-ring (bicyclic) bond motifs is 19. The molecule has 0 bridgehead atoms. The second-order valence-corrected chi connectivity index (χ2v) is 17.5. The molecular weight excluding hydrogens is 723 g/mol. The van der Waals surface area contributed by atoms with Crippen molar-refractivity contribution in [1.29, 1.82) is 0 Å². The topological polar surface area (TPSA) is 3.24 Å². The third-order valence-electron chi connectivity index (χ3n) is 14.6. The van der Waals surface area contributed by atoms with E-state index in [9.17, 15) is 0 Å². The molecule has 9 aromatic carbocycles. The van der Waals surface area contributed by atoms with E-state index in [1.807, 2.05) is 0 Å². The molecule has 0 saturated heterocycles. The van der Waals surface area contributed by atoms with Crippen LogP contribution in [-0.4, -0.2) is 0 Å². The van der Waals surface area contributed by atoms with Gasteiger partial charge < -0.3 is 4.90 Å². The Morgan fingerprint density at radius 1 is 0.267 bits per heavy atom. The normalized spacial score (nSPS) is 15.6. The molecular formula is C59H41N. The van der Waals surface area contributed by atoms with E-state index in [1.54, 1.807) is 0 Å². The van der Waals surface area contributed by atoms with E-state index in [4.69, 9.17) is 0 Å². The summed E-state index contributed by atoms with van der Waals surface area (Å²) >= 11 is 0. The average molecular weight is 764 g/mol. The molecule has 4 aliphatic rings. The van der Waals surface area contributed by atoms with Gasteiger partial charge in [0.2, 0.25) is 0 Å². The fourth-order valence-electron chi connectivity index (χ4n) is 12.4. The van der Waals surface area contributed by atoms with Gasteiger partial charge in [-0.3, -0.25) is 0 Å². The molecule has 1 heteroatoms. The lowest BCUT2D eigenvalue weighted by atomic mass is 9.55. The van der Waals surface area contributed by atoms with E-state index >= 15 is 0 Å². The van der Waals surface area contributed by atoms with Gasteiger partial charge in [-0.25, -0.2) is 0 Å². The van der Waals surface area contributed by atoms with Crippen molar-refractivity contribution in [2.24, 2.45) is 0 Å². The lowest BCUT2D eigenvalue weighted by Crippen LogP contribution is -2.40. The molecule has 0 aromatic heterocycles. The van der Waals surface area contributed by atoms with Gasteiger partial charge in [-0.15, -0.1) is 0 Å². The molecule has 282 valence electrons. The zero-order chi connectivity index (χ0) is 39.8. The van der Waals surface area contributed by atoms with Crippen molar-refractivity contribution in [3.05, 3.63) is 268 Å². The average Bonchev–Trinajstić information content (AvgIpc) is 3.90. The van der Waals surface area contributed by atoms with Crippen molar-refractivity contribution in [1.82, 2.24) is 0 Å². The molecule has 9 aromatic rings. The van der Waals surface area contributed by atoms with Gasteiger partial charge in [0.05, 0.1) is 22.2 Å². The first-order valence-corrected chi connectivity index (χ1v) is 21.3. The highest BCUT2D eigenvalue weighted by atomic mass is 15.1. The number of benzene rings is 9. The van der Waals surface area contributed by atoms with Crippen LogP contribution in [0.15, 0.2) is 212 Å². The van der Waals surface area contributed by atoms with E-state index < -0.39 is 10.8 Å². The van der Waals surface area contributed by atoms with Gasteiger partial charge in [-0.05, 0) is 102 Å². The number of anilines is 3. The molecule has 4 aliphatic carbocycles. The Balaban J connectivity index is 1.14. The maximum absolute atomic E-state index is 2.57. The first-order valence-electron chi connectivity index (χ1n) is 21.3. The van der Waals surface area contributed by atoms with Crippen LogP contribution in [0.5, 0.6) is 0 Å². The van der Waals surface area contributed by atoms with Gasteiger partial charge in [-0.2, -0.15) is 0 Å². The van der Waals surface area contributed by atoms with Crippen molar-refractivity contribution in [2.45, 2.75) is 30.1 Å². The Hall–Kier alpha value is -7.22. The monoisotopic (exact) mass is 763 g/mol. The molecule has 1 nitrogen and oxygen atoms in total. The Bertz CT molecular complexity index is 3160. The number of rotatable bonds is 3. The molecule has 13 rings (SSSR count). The number of hydrogen-bond acceptors (Lipinski definition) is 1. The maximum atomic E-state index is 2.57. The van der Waals surface area contributed by atoms with Crippen LogP contribution in [0.2, 0.25) is 0 Å². The largest absolute Gasteiger partial charge is 0.309 e. The Morgan fingerprint density at radius 2 is 0.583 bits per heavy atom. The zero-order valence-corrected chi connectivity index (χ0v) is 33.7. The van der Waals surface area contributed by atoms with Gasteiger partial charge in [0, 0.05) is 22.2 Å². The van der Waals surface area contributed by atoms with Crippen LogP contribution in [-0.2, 0) is 16.2 Å². The van der Waals surface area contributed by atoms with Crippen molar-refractivity contribution < 1.29 is 0 Å². The summed E-state index contributed by atoms with van der Waals surface area (Å²) in [4.78, 5) is 2.57. The summed E-state index contributed by atoms with van der Waals surface area (Å²) < 4.78 is 0. The van der Waals surface area contributed by atoms with Crippen LogP contribution in [0.3, 0.4) is 0 Å². The van der Waals surface area contributed by atoms with Crippen LogP contribution in [0.4, 0.5) is 17.1 Å².